The third-order valence-electron chi connectivity index (χ3n) is 4.76. The summed E-state index contributed by atoms with van der Waals surface area (Å²) in [6.07, 6.45) is 2.17. The Morgan fingerprint density at radius 2 is 1.76 bits per heavy atom. The maximum Gasteiger partial charge on any atom is 0.242 e. The second-order valence-electron chi connectivity index (χ2n) is 6.90. The molecule has 1 aromatic carbocycles. The number of nitrogens with zero attached hydrogens (tertiary/aromatic N) is 3. The zero-order valence-corrected chi connectivity index (χ0v) is 18.2. The number of fused-ring (bicyclic) bond motifs is 1. The SMILES string of the molecule is CC(=O)SCCCCC(=O)N1CCN(C(=O)CNc2nc3ccccc3s2)CC1. The molecule has 0 radical (unpaired) electrons. The first-order chi connectivity index (χ1) is 14.0. The monoisotopic (exact) mass is 434 g/mol. The number of carbonyl (C=O) groups excluding carboxylic acids is 3. The van der Waals surface area contributed by atoms with E-state index in [1.165, 1.54) is 23.1 Å². The van der Waals surface area contributed by atoms with Crippen LogP contribution in [0.3, 0.4) is 0 Å². The highest BCUT2D eigenvalue weighted by Crippen LogP contribution is 2.25. The van der Waals surface area contributed by atoms with E-state index in [1.54, 1.807) is 11.8 Å². The van der Waals surface area contributed by atoms with Crippen molar-refractivity contribution >= 4 is 55.4 Å². The van der Waals surface area contributed by atoms with E-state index in [9.17, 15) is 14.4 Å². The molecule has 29 heavy (non-hydrogen) atoms. The normalized spacial score (nSPS) is 14.2. The summed E-state index contributed by atoms with van der Waals surface area (Å²) in [7, 11) is 0. The van der Waals surface area contributed by atoms with Crippen molar-refractivity contribution in [3.05, 3.63) is 24.3 Å². The van der Waals surface area contributed by atoms with Crippen LogP contribution in [0.15, 0.2) is 24.3 Å². The van der Waals surface area contributed by atoms with Crippen LogP contribution in [0.1, 0.15) is 26.2 Å². The first kappa shape index (κ1) is 21.6. The summed E-state index contributed by atoms with van der Waals surface area (Å²) in [5, 5.41) is 3.99. The van der Waals surface area contributed by atoms with Crippen LogP contribution in [-0.4, -0.2) is 70.2 Å². The summed E-state index contributed by atoms with van der Waals surface area (Å²) in [6, 6.07) is 7.89. The molecule has 1 saturated heterocycles. The lowest BCUT2D eigenvalue weighted by molar-refractivity contribution is -0.138. The smallest absolute Gasteiger partial charge is 0.242 e. The molecular weight excluding hydrogens is 408 g/mol. The van der Waals surface area contributed by atoms with E-state index >= 15 is 0 Å². The van der Waals surface area contributed by atoms with Gasteiger partial charge in [0, 0.05) is 45.3 Å². The molecule has 3 rings (SSSR count). The van der Waals surface area contributed by atoms with E-state index in [0.29, 0.717) is 32.6 Å². The number of benzene rings is 1. The van der Waals surface area contributed by atoms with Gasteiger partial charge in [0.25, 0.3) is 0 Å². The summed E-state index contributed by atoms with van der Waals surface area (Å²) in [4.78, 5) is 43.8. The molecule has 7 nitrogen and oxygen atoms in total. The van der Waals surface area contributed by atoms with Gasteiger partial charge in [-0.2, -0.15) is 0 Å². The zero-order valence-electron chi connectivity index (χ0n) is 16.6. The van der Waals surface area contributed by atoms with Crippen LogP contribution in [0.2, 0.25) is 0 Å². The number of thioether (sulfide) groups is 1. The minimum atomic E-state index is 0.0256. The van der Waals surface area contributed by atoms with Crippen molar-refractivity contribution in [3.8, 4) is 0 Å². The molecule has 9 heteroatoms. The third kappa shape index (κ3) is 6.43. The van der Waals surface area contributed by atoms with Crippen LogP contribution in [0.4, 0.5) is 5.13 Å². The fourth-order valence-corrected chi connectivity index (χ4v) is 4.67. The first-order valence-corrected chi connectivity index (χ1v) is 11.6. The minimum absolute atomic E-state index is 0.0256. The van der Waals surface area contributed by atoms with Gasteiger partial charge in [-0.05, 0) is 25.0 Å². The molecule has 0 saturated carbocycles. The summed E-state index contributed by atoms with van der Waals surface area (Å²) < 4.78 is 1.09. The Kier molecular flexibility index (Phi) is 7.88. The molecule has 2 aromatic rings. The zero-order chi connectivity index (χ0) is 20.6. The van der Waals surface area contributed by atoms with Crippen LogP contribution in [0.25, 0.3) is 10.2 Å². The second-order valence-corrected chi connectivity index (χ2v) is 9.20. The van der Waals surface area contributed by atoms with E-state index in [2.05, 4.69) is 10.3 Å². The molecule has 1 fully saturated rings. The largest absolute Gasteiger partial charge is 0.352 e. The number of carbonyl (C=O) groups is 3. The average molecular weight is 435 g/mol. The molecule has 0 unspecified atom stereocenters. The fourth-order valence-electron chi connectivity index (χ4n) is 3.17. The van der Waals surface area contributed by atoms with Crippen molar-refractivity contribution in [3.63, 3.8) is 0 Å². The van der Waals surface area contributed by atoms with Crippen LogP contribution < -0.4 is 5.32 Å². The molecule has 0 spiro atoms. The van der Waals surface area contributed by atoms with Gasteiger partial charge in [-0.25, -0.2) is 4.98 Å². The number of unbranched alkanes of at least 4 members (excludes halogenated alkanes) is 1. The molecule has 0 bridgehead atoms. The molecule has 156 valence electrons. The quantitative estimate of drug-likeness (QED) is 0.644. The summed E-state index contributed by atoms with van der Waals surface area (Å²) >= 11 is 2.85. The van der Waals surface area contributed by atoms with Crippen LogP contribution in [0.5, 0.6) is 0 Å². The number of piperazine rings is 1. The Morgan fingerprint density at radius 1 is 1.07 bits per heavy atom. The number of aromatic nitrogens is 1. The highest BCUT2D eigenvalue weighted by atomic mass is 32.2. The standard InChI is InChI=1S/C20H26N4O3S2/c1-15(25)28-13-5-4-8-18(26)23-9-11-24(12-10-23)19(27)14-21-20-22-16-6-2-3-7-17(16)29-20/h2-3,6-7H,4-5,8-14H2,1H3,(H,21,22). The third-order valence-corrected chi connectivity index (χ3v) is 6.65. The minimum Gasteiger partial charge on any atom is -0.352 e. The Hall–Kier alpha value is -2.13. The summed E-state index contributed by atoms with van der Waals surface area (Å²) in [6.45, 7) is 4.05. The molecule has 1 aliphatic rings. The number of nitrogens with one attached hydrogen (secondary N) is 1. The number of hydrogen-bond donors (Lipinski definition) is 1. The average Bonchev–Trinajstić information content (AvgIpc) is 3.14. The molecule has 2 amide bonds. The van der Waals surface area contributed by atoms with E-state index < -0.39 is 0 Å². The molecule has 0 atom stereocenters. The maximum absolute atomic E-state index is 12.5. The lowest BCUT2D eigenvalue weighted by Crippen LogP contribution is -2.51. The van der Waals surface area contributed by atoms with E-state index in [-0.39, 0.29) is 23.5 Å². The molecule has 1 aliphatic heterocycles. The lowest BCUT2D eigenvalue weighted by atomic mass is 10.2. The van der Waals surface area contributed by atoms with Crippen molar-refractivity contribution in [1.82, 2.24) is 14.8 Å². The number of para-hydroxylation sites is 1. The number of anilines is 1. The van der Waals surface area contributed by atoms with Crippen molar-refractivity contribution in [1.29, 1.82) is 0 Å². The summed E-state index contributed by atoms with van der Waals surface area (Å²) in [5.41, 5.74) is 0.930. The van der Waals surface area contributed by atoms with Gasteiger partial charge in [-0.3, -0.25) is 14.4 Å². The van der Waals surface area contributed by atoms with Crippen molar-refractivity contribution in [2.45, 2.75) is 26.2 Å². The first-order valence-electron chi connectivity index (χ1n) is 9.81. The number of amides is 2. The predicted octanol–water partition coefficient (Wildman–Crippen LogP) is 2.83. The van der Waals surface area contributed by atoms with Gasteiger partial charge in [0.1, 0.15) is 0 Å². The van der Waals surface area contributed by atoms with Gasteiger partial charge in [0.2, 0.25) is 11.8 Å². The van der Waals surface area contributed by atoms with Crippen LogP contribution in [-0.2, 0) is 14.4 Å². The molecule has 1 aromatic heterocycles. The van der Waals surface area contributed by atoms with Gasteiger partial charge in [0.15, 0.2) is 10.2 Å². The van der Waals surface area contributed by atoms with Crippen molar-refractivity contribution < 1.29 is 14.4 Å². The Labute approximate surface area is 178 Å². The molecule has 0 aliphatic carbocycles. The van der Waals surface area contributed by atoms with Gasteiger partial charge < -0.3 is 15.1 Å². The topological polar surface area (TPSA) is 82.6 Å². The lowest BCUT2D eigenvalue weighted by Gasteiger charge is -2.35. The predicted molar refractivity (Wildman–Crippen MR) is 118 cm³/mol. The highest BCUT2D eigenvalue weighted by Gasteiger charge is 2.23. The second kappa shape index (κ2) is 10.6. The van der Waals surface area contributed by atoms with E-state index in [1.807, 2.05) is 29.2 Å². The maximum atomic E-state index is 12.5. The highest BCUT2D eigenvalue weighted by molar-refractivity contribution is 8.13. The van der Waals surface area contributed by atoms with Crippen LogP contribution in [0, 0.1) is 0 Å². The van der Waals surface area contributed by atoms with Gasteiger partial charge in [0.05, 0.1) is 16.8 Å². The fraction of sp³-hybridized carbons (Fsp3) is 0.500. The Bertz CT molecular complexity index is 829. The molecular formula is C20H26N4O3S2. The van der Waals surface area contributed by atoms with Crippen molar-refractivity contribution in [2.75, 3.05) is 43.8 Å². The van der Waals surface area contributed by atoms with E-state index in [0.717, 1.165) is 33.9 Å². The Morgan fingerprint density at radius 3 is 2.45 bits per heavy atom. The molecule has 1 N–H and O–H groups in total. The van der Waals surface area contributed by atoms with Gasteiger partial charge in [-0.1, -0.05) is 35.2 Å². The number of hydrogen-bond acceptors (Lipinski definition) is 7. The van der Waals surface area contributed by atoms with E-state index in [4.69, 9.17) is 0 Å². The van der Waals surface area contributed by atoms with Gasteiger partial charge >= 0.3 is 0 Å². The van der Waals surface area contributed by atoms with Crippen LogP contribution >= 0.6 is 23.1 Å². The van der Waals surface area contributed by atoms with Crippen molar-refractivity contribution in [2.24, 2.45) is 0 Å². The number of thiazole rings is 1. The Balaban J connectivity index is 1.35. The molecule has 2 heterocycles. The number of rotatable bonds is 8. The summed E-state index contributed by atoms with van der Waals surface area (Å²) in [5.74, 6) is 0.933. The van der Waals surface area contributed by atoms with Gasteiger partial charge in [-0.15, -0.1) is 0 Å².